The van der Waals surface area contributed by atoms with E-state index in [9.17, 15) is 9.59 Å². The summed E-state index contributed by atoms with van der Waals surface area (Å²) in [6, 6.07) is 1.87. The third kappa shape index (κ3) is 2.56. The molecule has 1 unspecified atom stereocenters. The van der Waals surface area contributed by atoms with Gasteiger partial charge in [-0.1, -0.05) is 0 Å². The van der Waals surface area contributed by atoms with Crippen LogP contribution < -0.4 is 10.6 Å². The van der Waals surface area contributed by atoms with Crippen LogP contribution in [0.1, 0.15) is 12.8 Å². The molecule has 1 aromatic heterocycles. The zero-order valence-electron chi connectivity index (χ0n) is 8.16. The molecule has 0 radical (unpaired) electrons. The van der Waals surface area contributed by atoms with Crippen molar-refractivity contribution in [2.75, 3.05) is 11.9 Å². The summed E-state index contributed by atoms with van der Waals surface area (Å²) in [4.78, 5) is 22.6. The van der Waals surface area contributed by atoms with Crippen molar-refractivity contribution in [1.82, 2.24) is 5.32 Å². The van der Waals surface area contributed by atoms with Crippen molar-refractivity contribution in [3.8, 4) is 0 Å². The van der Waals surface area contributed by atoms with Crippen molar-refractivity contribution in [3.05, 3.63) is 16.8 Å². The average Bonchev–Trinajstić information content (AvgIpc) is 2.71. The predicted molar refractivity (Wildman–Crippen MR) is 58.7 cm³/mol. The van der Waals surface area contributed by atoms with Gasteiger partial charge >= 0.3 is 0 Å². The summed E-state index contributed by atoms with van der Waals surface area (Å²) in [6.07, 6.45) is 1.09. The second kappa shape index (κ2) is 4.44. The van der Waals surface area contributed by atoms with Gasteiger partial charge in [-0.3, -0.25) is 9.59 Å². The van der Waals surface area contributed by atoms with E-state index in [0.29, 0.717) is 19.4 Å². The van der Waals surface area contributed by atoms with Crippen molar-refractivity contribution in [2.45, 2.75) is 12.8 Å². The van der Waals surface area contributed by atoms with Gasteiger partial charge in [0.25, 0.3) is 0 Å². The molecule has 5 heteroatoms. The lowest BCUT2D eigenvalue weighted by atomic mass is 9.98. The minimum Gasteiger partial charge on any atom is -0.355 e. The second-order valence-corrected chi connectivity index (χ2v) is 4.32. The first kappa shape index (κ1) is 10.2. The molecule has 1 aliphatic rings. The van der Waals surface area contributed by atoms with Crippen molar-refractivity contribution < 1.29 is 9.59 Å². The van der Waals surface area contributed by atoms with Crippen LogP contribution in [-0.4, -0.2) is 18.4 Å². The van der Waals surface area contributed by atoms with E-state index in [4.69, 9.17) is 0 Å². The summed E-state index contributed by atoms with van der Waals surface area (Å²) in [5.41, 5.74) is 0.835. The number of nitrogens with one attached hydrogen (secondary N) is 2. The maximum absolute atomic E-state index is 11.7. The molecule has 0 spiro atoms. The van der Waals surface area contributed by atoms with E-state index in [2.05, 4.69) is 10.6 Å². The van der Waals surface area contributed by atoms with E-state index in [1.54, 1.807) is 11.3 Å². The van der Waals surface area contributed by atoms with Gasteiger partial charge in [0, 0.05) is 18.3 Å². The third-order valence-electron chi connectivity index (χ3n) is 2.42. The van der Waals surface area contributed by atoms with Gasteiger partial charge in [-0.25, -0.2) is 0 Å². The Morgan fingerprint density at radius 2 is 2.47 bits per heavy atom. The van der Waals surface area contributed by atoms with Gasteiger partial charge < -0.3 is 10.6 Å². The van der Waals surface area contributed by atoms with Crippen LogP contribution in [0, 0.1) is 5.92 Å². The molecular weight excluding hydrogens is 212 g/mol. The number of hydrogen-bond acceptors (Lipinski definition) is 3. The Labute approximate surface area is 91.7 Å². The second-order valence-electron chi connectivity index (χ2n) is 3.54. The zero-order valence-corrected chi connectivity index (χ0v) is 8.97. The number of thiophene rings is 1. The molecule has 1 atom stereocenters. The number of rotatable bonds is 2. The number of piperidine rings is 1. The molecule has 2 rings (SSSR count). The normalized spacial score (nSPS) is 20.8. The fourth-order valence-corrected chi connectivity index (χ4v) is 2.12. The van der Waals surface area contributed by atoms with Crippen molar-refractivity contribution in [2.24, 2.45) is 5.92 Å². The Kier molecular flexibility index (Phi) is 3.01. The molecule has 1 saturated heterocycles. The van der Waals surface area contributed by atoms with Gasteiger partial charge in [-0.05, 0) is 17.9 Å². The molecule has 80 valence electrons. The summed E-state index contributed by atoms with van der Waals surface area (Å²) in [5.74, 6) is -0.0643. The fraction of sp³-hybridized carbons (Fsp3) is 0.400. The van der Waals surface area contributed by atoms with Gasteiger partial charge in [0.1, 0.15) is 0 Å². The van der Waals surface area contributed by atoms with Crippen LogP contribution in [-0.2, 0) is 9.59 Å². The smallest absolute Gasteiger partial charge is 0.229 e. The van der Waals surface area contributed by atoms with Crippen LogP contribution in [0.2, 0.25) is 0 Å². The number of hydrogen-bond donors (Lipinski definition) is 2. The molecule has 1 aliphatic heterocycles. The van der Waals surface area contributed by atoms with E-state index < -0.39 is 0 Å². The van der Waals surface area contributed by atoms with E-state index in [1.165, 1.54) is 0 Å². The Morgan fingerprint density at radius 1 is 1.60 bits per heavy atom. The summed E-state index contributed by atoms with van der Waals surface area (Å²) in [6.45, 7) is 0.453. The highest BCUT2D eigenvalue weighted by molar-refractivity contribution is 7.08. The molecule has 2 heterocycles. The standard InChI is InChI=1S/C10H12N2O2S/c13-9-2-1-7(5-11-9)10(14)12-8-3-4-15-6-8/h3-4,6-7H,1-2,5H2,(H,11,13)(H,12,14). The van der Waals surface area contributed by atoms with E-state index >= 15 is 0 Å². The number of amides is 2. The minimum absolute atomic E-state index is 0.00611. The van der Waals surface area contributed by atoms with E-state index in [-0.39, 0.29) is 17.7 Å². The van der Waals surface area contributed by atoms with Gasteiger partial charge in [-0.15, -0.1) is 0 Å². The topological polar surface area (TPSA) is 58.2 Å². The first-order chi connectivity index (χ1) is 7.25. The Morgan fingerprint density at radius 3 is 3.07 bits per heavy atom. The molecule has 0 aromatic carbocycles. The van der Waals surface area contributed by atoms with Crippen LogP contribution in [0.15, 0.2) is 16.8 Å². The van der Waals surface area contributed by atoms with Crippen molar-refractivity contribution in [3.63, 3.8) is 0 Å². The van der Waals surface area contributed by atoms with Crippen LogP contribution in [0.3, 0.4) is 0 Å². The summed E-state index contributed by atoms with van der Waals surface area (Å²) in [7, 11) is 0. The zero-order chi connectivity index (χ0) is 10.7. The van der Waals surface area contributed by atoms with Crippen LogP contribution in [0.25, 0.3) is 0 Å². The first-order valence-electron chi connectivity index (χ1n) is 4.85. The summed E-state index contributed by atoms with van der Waals surface area (Å²) < 4.78 is 0. The molecule has 2 N–H and O–H groups in total. The van der Waals surface area contributed by atoms with Gasteiger partial charge in [0.05, 0.1) is 11.6 Å². The van der Waals surface area contributed by atoms with E-state index in [0.717, 1.165) is 5.69 Å². The molecule has 1 aromatic rings. The largest absolute Gasteiger partial charge is 0.355 e. The number of anilines is 1. The minimum atomic E-state index is -0.0948. The summed E-state index contributed by atoms with van der Waals surface area (Å²) in [5, 5.41) is 9.33. The highest BCUT2D eigenvalue weighted by Gasteiger charge is 2.24. The predicted octanol–water partition coefficient (Wildman–Crippen LogP) is 1.21. The lowest BCUT2D eigenvalue weighted by molar-refractivity contribution is -0.126. The number of carbonyl (C=O) groups is 2. The molecule has 0 aliphatic carbocycles. The SMILES string of the molecule is O=C1CCC(C(=O)Nc2ccsc2)CN1. The van der Waals surface area contributed by atoms with Gasteiger partial charge in [-0.2, -0.15) is 11.3 Å². The Hall–Kier alpha value is -1.36. The quantitative estimate of drug-likeness (QED) is 0.793. The van der Waals surface area contributed by atoms with Crippen molar-refractivity contribution >= 4 is 28.8 Å². The third-order valence-corrected chi connectivity index (χ3v) is 3.11. The van der Waals surface area contributed by atoms with Gasteiger partial charge in [0.2, 0.25) is 11.8 Å². The molecule has 2 amide bonds. The molecule has 1 fully saturated rings. The highest BCUT2D eigenvalue weighted by atomic mass is 32.1. The lowest BCUT2D eigenvalue weighted by Crippen LogP contribution is -2.40. The molecule has 15 heavy (non-hydrogen) atoms. The first-order valence-corrected chi connectivity index (χ1v) is 5.80. The maximum Gasteiger partial charge on any atom is 0.229 e. The maximum atomic E-state index is 11.7. The lowest BCUT2D eigenvalue weighted by Gasteiger charge is -2.21. The number of carbonyl (C=O) groups excluding carboxylic acids is 2. The molecule has 0 saturated carbocycles. The molecular formula is C10H12N2O2S. The molecule has 4 nitrogen and oxygen atoms in total. The van der Waals surface area contributed by atoms with Gasteiger partial charge in [0.15, 0.2) is 0 Å². The Bertz CT molecular complexity index is 352. The van der Waals surface area contributed by atoms with Crippen molar-refractivity contribution in [1.29, 1.82) is 0 Å². The summed E-state index contributed by atoms with van der Waals surface area (Å²) >= 11 is 1.54. The van der Waals surface area contributed by atoms with Crippen LogP contribution in [0.5, 0.6) is 0 Å². The average molecular weight is 224 g/mol. The van der Waals surface area contributed by atoms with Crippen LogP contribution in [0.4, 0.5) is 5.69 Å². The monoisotopic (exact) mass is 224 g/mol. The fourth-order valence-electron chi connectivity index (χ4n) is 1.54. The van der Waals surface area contributed by atoms with E-state index in [1.807, 2.05) is 16.8 Å². The molecule has 0 bridgehead atoms. The van der Waals surface area contributed by atoms with Crippen LogP contribution >= 0.6 is 11.3 Å². The highest BCUT2D eigenvalue weighted by Crippen LogP contribution is 2.16. The Balaban J connectivity index is 1.89.